The van der Waals surface area contributed by atoms with E-state index in [4.69, 9.17) is 10.2 Å². The van der Waals surface area contributed by atoms with Crippen molar-refractivity contribution in [3.8, 4) is 0 Å². The predicted octanol–water partition coefficient (Wildman–Crippen LogP) is -0.452. The Bertz CT molecular complexity index is 241. The van der Waals surface area contributed by atoms with Crippen LogP contribution in [0, 0.1) is 11.8 Å². The van der Waals surface area contributed by atoms with E-state index in [9.17, 15) is 9.59 Å². The van der Waals surface area contributed by atoms with E-state index >= 15 is 0 Å². The first-order chi connectivity index (χ1) is 6.56. The molecule has 0 saturated carbocycles. The molecule has 80 valence electrons. The molecule has 1 saturated heterocycles. The van der Waals surface area contributed by atoms with Gasteiger partial charge in [-0.3, -0.25) is 9.59 Å². The van der Waals surface area contributed by atoms with Crippen LogP contribution in [0.15, 0.2) is 0 Å². The van der Waals surface area contributed by atoms with Gasteiger partial charge in [0.15, 0.2) is 0 Å². The van der Waals surface area contributed by atoms with E-state index < -0.39 is 11.9 Å². The number of aliphatic hydroxyl groups excluding tert-OH is 1. The molecule has 0 aromatic rings. The Balaban J connectivity index is 2.51. The number of hydrogen-bond acceptors (Lipinski definition) is 3. The molecule has 0 bridgehead atoms. The molecule has 0 aromatic heterocycles. The lowest BCUT2D eigenvalue weighted by atomic mass is 10.1. The Morgan fingerprint density at radius 3 is 2.64 bits per heavy atom. The molecule has 2 atom stereocenters. The van der Waals surface area contributed by atoms with E-state index in [-0.39, 0.29) is 18.4 Å². The molecule has 2 N–H and O–H groups in total. The summed E-state index contributed by atoms with van der Waals surface area (Å²) in [6, 6.07) is 0. The smallest absolute Gasteiger partial charge is 0.315 e. The zero-order valence-corrected chi connectivity index (χ0v) is 8.14. The molecule has 0 aromatic carbocycles. The lowest BCUT2D eigenvalue weighted by Gasteiger charge is -2.18. The van der Waals surface area contributed by atoms with Gasteiger partial charge in [-0.1, -0.05) is 0 Å². The molecule has 1 aliphatic heterocycles. The van der Waals surface area contributed by atoms with E-state index in [1.165, 1.54) is 11.8 Å². The minimum Gasteiger partial charge on any atom is -0.481 e. The summed E-state index contributed by atoms with van der Waals surface area (Å²) >= 11 is 0. The van der Waals surface area contributed by atoms with E-state index in [2.05, 4.69) is 0 Å². The fourth-order valence-corrected chi connectivity index (χ4v) is 1.56. The van der Waals surface area contributed by atoms with E-state index in [1.54, 1.807) is 0 Å². The molecule has 1 fully saturated rings. The molecule has 5 nitrogen and oxygen atoms in total. The van der Waals surface area contributed by atoms with Crippen LogP contribution in [0.25, 0.3) is 0 Å². The number of hydrogen-bond donors (Lipinski definition) is 2. The maximum Gasteiger partial charge on any atom is 0.315 e. The van der Waals surface area contributed by atoms with Crippen LogP contribution in [0.4, 0.5) is 0 Å². The van der Waals surface area contributed by atoms with Crippen molar-refractivity contribution in [1.82, 2.24) is 4.90 Å². The van der Waals surface area contributed by atoms with Crippen molar-refractivity contribution in [2.75, 3.05) is 19.7 Å². The van der Waals surface area contributed by atoms with Crippen LogP contribution < -0.4 is 0 Å². The van der Waals surface area contributed by atoms with Crippen molar-refractivity contribution < 1.29 is 19.8 Å². The van der Waals surface area contributed by atoms with Gasteiger partial charge < -0.3 is 15.1 Å². The summed E-state index contributed by atoms with van der Waals surface area (Å²) in [5, 5.41) is 17.5. The summed E-state index contributed by atoms with van der Waals surface area (Å²) in [5.41, 5.74) is 0. The molecule has 0 aliphatic carbocycles. The van der Waals surface area contributed by atoms with Crippen molar-refractivity contribution in [3.63, 3.8) is 0 Å². The zero-order valence-electron chi connectivity index (χ0n) is 8.14. The van der Waals surface area contributed by atoms with Gasteiger partial charge in [0.05, 0.1) is 0 Å². The van der Waals surface area contributed by atoms with Crippen molar-refractivity contribution >= 4 is 11.9 Å². The third-order valence-electron chi connectivity index (χ3n) is 2.60. The van der Waals surface area contributed by atoms with Gasteiger partial charge in [-0.2, -0.15) is 0 Å². The second kappa shape index (κ2) is 4.41. The number of amides is 1. The van der Waals surface area contributed by atoms with Gasteiger partial charge in [0, 0.05) is 25.6 Å². The van der Waals surface area contributed by atoms with Crippen LogP contribution in [0.1, 0.15) is 13.3 Å². The van der Waals surface area contributed by atoms with Gasteiger partial charge in [0.25, 0.3) is 0 Å². The summed E-state index contributed by atoms with van der Waals surface area (Å²) in [7, 11) is 0. The third-order valence-corrected chi connectivity index (χ3v) is 2.60. The number of likely N-dealkylation sites (tertiary alicyclic amines) is 1. The number of carboxylic acid groups (broad SMARTS) is 1. The quantitative estimate of drug-likeness (QED) is 0.606. The van der Waals surface area contributed by atoms with Crippen LogP contribution in [0.3, 0.4) is 0 Å². The Morgan fingerprint density at radius 1 is 1.57 bits per heavy atom. The summed E-state index contributed by atoms with van der Waals surface area (Å²) in [5.74, 6) is -2.32. The number of carbonyl (C=O) groups is 2. The third kappa shape index (κ3) is 2.23. The molecule has 0 radical (unpaired) electrons. The van der Waals surface area contributed by atoms with Gasteiger partial charge in [-0.15, -0.1) is 0 Å². The van der Waals surface area contributed by atoms with Crippen molar-refractivity contribution in [1.29, 1.82) is 0 Å². The van der Waals surface area contributed by atoms with Crippen LogP contribution in [0.2, 0.25) is 0 Å². The van der Waals surface area contributed by atoms with Gasteiger partial charge >= 0.3 is 5.97 Å². The molecule has 1 amide bonds. The minimum atomic E-state index is -1.09. The predicted molar refractivity (Wildman–Crippen MR) is 48.6 cm³/mol. The lowest BCUT2D eigenvalue weighted by Crippen LogP contribution is -2.36. The Hall–Kier alpha value is -1.10. The minimum absolute atomic E-state index is 0.0607. The lowest BCUT2D eigenvalue weighted by molar-refractivity contribution is -0.149. The molecular formula is C9H15NO4. The monoisotopic (exact) mass is 201 g/mol. The molecule has 14 heavy (non-hydrogen) atoms. The standard InChI is InChI=1S/C9H15NO4/c1-6(9(13)14)8(12)10-3-2-7(4-10)5-11/h6-7,11H,2-5H2,1H3,(H,13,14). The number of rotatable bonds is 3. The van der Waals surface area contributed by atoms with Crippen molar-refractivity contribution in [2.45, 2.75) is 13.3 Å². The SMILES string of the molecule is CC(C(=O)O)C(=O)N1CCC(CO)C1. The Kier molecular flexibility index (Phi) is 3.46. The maximum atomic E-state index is 11.5. The van der Waals surface area contributed by atoms with Crippen LogP contribution >= 0.6 is 0 Å². The van der Waals surface area contributed by atoms with Gasteiger partial charge in [0.1, 0.15) is 5.92 Å². The van der Waals surface area contributed by atoms with Crippen molar-refractivity contribution in [2.24, 2.45) is 11.8 Å². The first-order valence-corrected chi connectivity index (χ1v) is 4.68. The fourth-order valence-electron chi connectivity index (χ4n) is 1.56. The Morgan fingerprint density at radius 2 is 2.21 bits per heavy atom. The summed E-state index contributed by atoms with van der Waals surface area (Å²) in [4.78, 5) is 23.6. The summed E-state index contributed by atoms with van der Waals surface area (Å²) in [6.45, 7) is 2.48. The first-order valence-electron chi connectivity index (χ1n) is 4.68. The molecule has 1 heterocycles. The summed E-state index contributed by atoms with van der Waals surface area (Å²) < 4.78 is 0. The fraction of sp³-hybridized carbons (Fsp3) is 0.778. The van der Waals surface area contributed by atoms with E-state index in [1.807, 2.05) is 0 Å². The normalized spacial score (nSPS) is 23.6. The zero-order chi connectivity index (χ0) is 10.7. The molecule has 5 heteroatoms. The highest BCUT2D eigenvalue weighted by molar-refractivity contribution is 5.96. The molecule has 0 spiro atoms. The number of nitrogens with zero attached hydrogens (tertiary/aromatic N) is 1. The Labute approximate surface area is 82.3 Å². The number of aliphatic hydroxyl groups is 1. The summed E-state index contributed by atoms with van der Waals surface area (Å²) in [6.07, 6.45) is 0.759. The van der Waals surface area contributed by atoms with E-state index in [0.717, 1.165) is 6.42 Å². The molecule has 1 aliphatic rings. The highest BCUT2D eigenvalue weighted by Crippen LogP contribution is 2.17. The molecule has 2 unspecified atom stereocenters. The van der Waals surface area contributed by atoms with Crippen LogP contribution in [-0.4, -0.2) is 46.7 Å². The van der Waals surface area contributed by atoms with E-state index in [0.29, 0.717) is 13.1 Å². The van der Waals surface area contributed by atoms with Crippen LogP contribution in [-0.2, 0) is 9.59 Å². The van der Waals surface area contributed by atoms with Crippen LogP contribution in [0.5, 0.6) is 0 Å². The van der Waals surface area contributed by atoms with Gasteiger partial charge in [0.2, 0.25) is 5.91 Å². The topological polar surface area (TPSA) is 77.8 Å². The second-order valence-corrected chi connectivity index (χ2v) is 3.68. The number of aliphatic carboxylic acids is 1. The van der Waals surface area contributed by atoms with Gasteiger partial charge in [-0.25, -0.2) is 0 Å². The van der Waals surface area contributed by atoms with Crippen molar-refractivity contribution in [3.05, 3.63) is 0 Å². The molecule has 1 rings (SSSR count). The molecular weight excluding hydrogens is 186 g/mol. The second-order valence-electron chi connectivity index (χ2n) is 3.68. The number of carboxylic acids is 1. The van der Waals surface area contributed by atoms with Gasteiger partial charge in [-0.05, 0) is 13.3 Å². The first kappa shape index (κ1) is 11.0. The average Bonchev–Trinajstić information content (AvgIpc) is 2.63. The highest BCUT2D eigenvalue weighted by Gasteiger charge is 2.31. The highest BCUT2D eigenvalue weighted by atomic mass is 16.4. The largest absolute Gasteiger partial charge is 0.481 e. The number of carbonyl (C=O) groups excluding carboxylic acids is 1. The maximum absolute atomic E-state index is 11.5. The average molecular weight is 201 g/mol.